The Morgan fingerprint density at radius 2 is 1.90 bits per heavy atom. The maximum Gasteiger partial charge on any atom is 1.00 e. The number of carboxylic acids is 1. The third kappa shape index (κ3) is 5.23. The van der Waals surface area contributed by atoms with Gasteiger partial charge in [0.25, 0.3) is 0 Å². The zero-order valence-corrected chi connectivity index (χ0v) is 21.6. The molecule has 1 aliphatic rings. The largest absolute Gasteiger partial charge is 1.00 e. The second kappa shape index (κ2) is 10.1. The summed E-state index contributed by atoms with van der Waals surface area (Å²) in [6.07, 6.45) is 2.82. The molecular formula is C20H24KN3O5S. The minimum Gasteiger partial charge on any atom is -0.549 e. The molecule has 3 rings (SSSR count). The van der Waals surface area contributed by atoms with Crippen molar-refractivity contribution in [1.29, 1.82) is 0 Å². The van der Waals surface area contributed by atoms with E-state index >= 15 is 0 Å². The molecule has 0 aliphatic heterocycles. The van der Waals surface area contributed by atoms with E-state index in [9.17, 15) is 18.3 Å². The second-order valence-electron chi connectivity index (χ2n) is 7.31. The number of anilines is 1. The van der Waals surface area contributed by atoms with Gasteiger partial charge in [0, 0.05) is 11.6 Å². The number of carbonyl (C=O) groups is 1. The van der Waals surface area contributed by atoms with Crippen molar-refractivity contribution in [3.05, 3.63) is 47.8 Å². The number of hydrogen-bond donors (Lipinski definition) is 0. The van der Waals surface area contributed by atoms with Crippen LogP contribution in [0.4, 0.5) is 5.95 Å². The maximum atomic E-state index is 13.1. The van der Waals surface area contributed by atoms with Crippen LogP contribution in [0.15, 0.2) is 36.5 Å². The molecule has 0 amide bonds. The standard InChI is InChI=1S/C20H25N3O5S.K/c1-4-20(2,18(24)25)17-11-12-21-19(22-17)23(29(26,27)16-9-10-16)13-14-5-7-15(28-3)8-6-14;/h5-8,11-12,16H,4,9-10,13H2,1-3H3,(H,24,25);/q;+1/p-1. The molecule has 8 nitrogen and oxygen atoms in total. The minimum atomic E-state index is -3.67. The third-order valence-corrected chi connectivity index (χ3v) is 7.55. The van der Waals surface area contributed by atoms with Gasteiger partial charge in [-0.05, 0) is 49.9 Å². The van der Waals surface area contributed by atoms with E-state index in [-0.39, 0.29) is 76.0 Å². The summed E-state index contributed by atoms with van der Waals surface area (Å²) < 4.78 is 32.5. The molecule has 1 unspecified atom stereocenters. The zero-order valence-electron chi connectivity index (χ0n) is 17.7. The first-order valence-electron chi connectivity index (χ1n) is 9.42. The number of benzene rings is 1. The van der Waals surface area contributed by atoms with Crippen LogP contribution >= 0.6 is 0 Å². The summed E-state index contributed by atoms with van der Waals surface area (Å²) in [5, 5.41) is 11.2. The Hall–Kier alpha value is -1.04. The van der Waals surface area contributed by atoms with E-state index in [0.29, 0.717) is 18.6 Å². The normalized spacial score (nSPS) is 15.6. The van der Waals surface area contributed by atoms with Crippen molar-refractivity contribution in [3.8, 4) is 5.75 Å². The van der Waals surface area contributed by atoms with Crippen molar-refractivity contribution in [2.75, 3.05) is 11.4 Å². The summed E-state index contributed by atoms with van der Waals surface area (Å²) in [7, 11) is -2.11. The fraction of sp³-hybridized carbons (Fsp3) is 0.450. The van der Waals surface area contributed by atoms with Crippen LogP contribution in [0, 0.1) is 0 Å². The van der Waals surface area contributed by atoms with Crippen LogP contribution in [0.1, 0.15) is 44.4 Å². The van der Waals surface area contributed by atoms with Gasteiger partial charge in [-0.2, -0.15) is 0 Å². The summed E-state index contributed by atoms with van der Waals surface area (Å²) in [5.74, 6) is -0.640. The Morgan fingerprint density at radius 3 is 2.40 bits per heavy atom. The van der Waals surface area contributed by atoms with Gasteiger partial charge in [0.15, 0.2) is 0 Å². The van der Waals surface area contributed by atoms with Crippen LogP contribution < -0.4 is 65.5 Å². The van der Waals surface area contributed by atoms with Gasteiger partial charge in [-0.25, -0.2) is 22.7 Å². The predicted molar refractivity (Wildman–Crippen MR) is 106 cm³/mol. The molecule has 0 spiro atoms. The molecule has 0 saturated heterocycles. The Kier molecular flexibility index (Phi) is 8.45. The van der Waals surface area contributed by atoms with Gasteiger partial charge < -0.3 is 14.6 Å². The summed E-state index contributed by atoms with van der Waals surface area (Å²) in [6, 6.07) is 8.53. The molecule has 1 heterocycles. The van der Waals surface area contributed by atoms with Gasteiger partial charge in [0.2, 0.25) is 16.0 Å². The molecular weight excluding hydrogens is 433 g/mol. The molecule has 0 bridgehead atoms. The first kappa shape index (κ1) is 25.2. The average Bonchev–Trinajstić information content (AvgIpc) is 3.57. The molecule has 10 heteroatoms. The van der Waals surface area contributed by atoms with Crippen LogP contribution in [-0.2, 0) is 26.8 Å². The molecule has 1 atom stereocenters. The van der Waals surface area contributed by atoms with Crippen LogP contribution in [0.3, 0.4) is 0 Å². The topological polar surface area (TPSA) is 113 Å². The van der Waals surface area contributed by atoms with E-state index in [1.54, 1.807) is 38.3 Å². The first-order valence-corrected chi connectivity index (χ1v) is 10.9. The number of methoxy groups -OCH3 is 1. The van der Waals surface area contributed by atoms with E-state index in [4.69, 9.17) is 4.74 Å². The van der Waals surface area contributed by atoms with Gasteiger partial charge >= 0.3 is 51.4 Å². The van der Waals surface area contributed by atoms with Gasteiger partial charge in [0.1, 0.15) is 5.75 Å². The number of rotatable bonds is 9. The first-order chi connectivity index (χ1) is 13.7. The molecule has 2 aromatic rings. The molecule has 1 aromatic heterocycles. The van der Waals surface area contributed by atoms with E-state index in [2.05, 4.69) is 9.97 Å². The second-order valence-corrected chi connectivity index (χ2v) is 9.45. The average molecular weight is 458 g/mol. The summed E-state index contributed by atoms with van der Waals surface area (Å²) in [5.41, 5.74) is -0.384. The Labute approximate surface area is 219 Å². The van der Waals surface area contributed by atoms with Gasteiger partial charge in [0.05, 0.1) is 30.6 Å². The molecule has 1 fully saturated rings. The van der Waals surface area contributed by atoms with Crippen LogP contribution in [0.5, 0.6) is 5.75 Å². The van der Waals surface area contributed by atoms with Gasteiger partial charge in [-0.1, -0.05) is 19.1 Å². The summed E-state index contributed by atoms with van der Waals surface area (Å²) in [6.45, 7) is 3.27. The van der Waals surface area contributed by atoms with E-state index in [1.807, 2.05) is 0 Å². The van der Waals surface area contributed by atoms with Crippen molar-refractivity contribution in [2.24, 2.45) is 0 Å². The maximum absolute atomic E-state index is 13.1. The molecule has 1 saturated carbocycles. The molecule has 30 heavy (non-hydrogen) atoms. The van der Waals surface area contributed by atoms with Crippen molar-refractivity contribution >= 4 is 21.9 Å². The SMILES string of the molecule is CCC(C)(C(=O)[O-])c1ccnc(N(Cc2ccc(OC)cc2)S(=O)(=O)C2CC2)n1.[K+]. The summed E-state index contributed by atoms with van der Waals surface area (Å²) in [4.78, 5) is 20.2. The monoisotopic (exact) mass is 457 g/mol. The molecule has 0 radical (unpaired) electrons. The van der Waals surface area contributed by atoms with Gasteiger partial charge in [-0.3, -0.25) is 0 Å². The molecule has 1 aromatic carbocycles. The van der Waals surface area contributed by atoms with E-state index in [1.165, 1.54) is 23.5 Å². The third-order valence-electron chi connectivity index (χ3n) is 5.33. The number of ether oxygens (including phenoxy) is 1. The minimum absolute atomic E-state index is 0. The Balaban J connectivity index is 0.00000320. The number of carboxylic acid groups (broad SMARTS) is 1. The summed E-state index contributed by atoms with van der Waals surface area (Å²) >= 11 is 0. The Bertz CT molecular complexity index is 996. The van der Waals surface area contributed by atoms with Gasteiger partial charge in [-0.15, -0.1) is 0 Å². The number of aliphatic carboxylic acids is 1. The van der Waals surface area contributed by atoms with Crippen molar-refractivity contribution < 1.29 is 74.4 Å². The predicted octanol–water partition coefficient (Wildman–Crippen LogP) is -1.59. The van der Waals surface area contributed by atoms with Crippen LogP contribution in [0.2, 0.25) is 0 Å². The van der Waals surface area contributed by atoms with Crippen LogP contribution in [-0.4, -0.2) is 36.7 Å². The fourth-order valence-electron chi connectivity index (χ4n) is 2.92. The van der Waals surface area contributed by atoms with Crippen molar-refractivity contribution in [2.45, 2.75) is 50.3 Å². The number of nitrogens with zero attached hydrogens (tertiary/aromatic N) is 3. The number of aromatic nitrogens is 2. The molecule has 0 N–H and O–H groups in total. The number of sulfonamides is 1. The quantitative estimate of drug-likeness (QED) is 0.417. The van der Waals surface area contributed by atoms with Crippen molar-refractivity contribution in [3.63, 3.8) is 0 Å². The fourth-order valence-corrected chi connectivity index (χ4v) is 4.66. The Morgan fingerprint density at radius 1 is 1.27 bits per heavy atom. The molecule has 156 valence electrons. The van der Waals surface area contributed by atoms with E-state index < -0.39 is 26.7 Å². The number of carbonyl (C=O) groups excluding carboxylic acids is 1. The zero-order chi connectivity index (χ0) is 21.2. The molecule has 1 aliphatic carbocycles. The smallest absolute Gasteiger partial charge is 0.549 e. The van der Waals surface area contributed by atoms with Crippen LogP contribution in [0.25, 0.3) is 0 Å². The van der Waals surface area contributed by atoms with E-state index in [0.717, 1.165) is 5.56 Å². The number of hydrogen-bond acceptors (Lipinski definition) is 7. The van der Waals surface area contributed by atoms with Crippen molar-refractivity contribution in [1.82, 2.24) is 9.97 Å².